The van der Waals surface area contributed by atoms with Crippen LogP contribution in [0.1, 0.15) is 5.56 Å². The van der Waals surface area contributed by atoms with Crippen molar-refractivity contribution in [3.8, 4) is 11.1 Å². The Balaban J connectivity index is 2.21. The van der Waals surface area contributed by atoms with E-state index in [2.05, 4.69) is 9.97 Å². The maximum atomic E-state index is 13.0. The number of benzene rings is 1. The van der Waals surface area contributed by atoms with E-state index in [9.17, 15) is 13.2 Å². The van der Waals surface area contributed by atoms with Gasteiger partial charge in [0.15, 0.2) is 0 Å². The van der Waals surface area contributed by atoms with E-state index < -0.39 is 11.7 Å². The second-order valence-corrected chi connectivity index (χ2v) is 4.18. The number of H-pyrrole nitrogens is 1. The third-order valence-electron chi connectivity index (χ3n) is 2.94. The molecule has 0 amide bonds. The summed E-state index contributed by atoms with van der Waals surface area (Å²) in [6, 6.07) is 8.95. The van der Waals surface area contributed by atoms with Crippen molar-refractivity contribution in [3.63, 3.8) is 0 Å². The lowest BCUT2D eigenvalue weighted by Gasteiger charge is -2.12. The van der Waals surface area contributed by atoms with Crippen molar-refractivity contribution >= 4 is 11.0 Å². The average molecular weight is 262 g/mol. The number of aromatic nitrogens is 2. The van der Waals surface area contributed by atoms with Gasteiger partial charge in [-0.3, -0.25) is 4.98 Å². The Hall–Kier alpha value is -2.30. The number of alkyl halides is 3. The van der Waals surface area contributed by atoms with Gasteiger partial charge in [-0.15, -0.1) is 0 Å². The van der Waals surface area contributed by atoms with Gasteiger partial charge in [-0.05, 0) is 23.8 Å². The summed E-state index contributed by atoms with van der Waals surface area (Å²) in [5.74, 6) is 0. The molecular weight excluding hydrogens is 253 g/mol. The molecule has 0 atom stereocenters. The van der Waals surface area contributed by atoms with Gasteiger partial charge in [-0.2, -0.15) is 13.2 Å². The molecule has 0 saturated carbocycles. The zero-order valence-corrected chi connectivity index (χ0v) is 9.70. The Labute approximate surface area is 106 Å². The number of pyridine rings is 1. The maximum Gasteiger partial charge on any atom is 0.417 e. The molecule has 1 N–H and O–H groups in total. The summed E-state index contributed by atoms with van der Waals surface area (Å²) in [7, 11) is 0. The van der Waals surface area contributed by atoms with Crippen LogP contribution < -0.4 is 0 Å². The topological polar surface area (TPSA) is 28.7 Å². The third kappa shape index (κ3) is 2.07. The van der Waals surface area contributed by atoms with Gasteiger partial charge < -0.3 is 4.98 Å². The summed E-state index contributed by atoms with van der Waals surface area (Å²) in [6.45, 7) is 0. The minimum atomic E-state index is -4.37. The maximum absolute atomic E-state index is 13.0. The van der Waals surface area contributed by atoms with Crippen LogP contribution in [0.4, 0.5) is 13.2 Å². The normalized spacial score (nSPS) is 11.9. The molecule has 0 bridgehead atoms. The monoisotopic (exact) mass is 262 g/mol. The van der Waals surface area contributed by atoms with E-state index in [1.165, 1.54) is 18.3 Å². The van der Waals surface area contributed by atoms with E-state index in [4.69, 9.17) is 0 Å². The first-order valence-electron chi connectivity index (χ1n) is 5.65. The van der Waals surface area contributed by atoms with E-state index in [1.54, 1.807) is 24.4 Å². The van der Waals surface area contributed by atoms with E-state index in [-0.39, 0.29) is 5.56 Å². The van der Waals surface area contributed by atoms with E-state index in [1.807, 2.05) is 0 Å². The lowest BCUT2D eigenvalue weighted by atomic mass is 10.0. The van der Waals surface area contributed by atoms with Gasteiger partial charge in [0, 0.05) is 18.0 Å². The smallest absolute Gasteiger partial charge is 0.360 e. The Kier molecular flexibility index (Phi) is 2.55. The third-order valence-corrected chi connectivity index (χ3v) is 2.94. The van der Waals surface area contributed by atoms with Crippen molar-refractivity contribution in [1.29, 1.82) is 0 Å². The Morgan fingerprint density at radius 1 is 1.05 bits per heavy atom. The van der Waals surface area contributed by atoms with E-state index >= 15 is 0 Å². The molecule has 2 nitrogen and oxygen atoms in total. The van der Waals surface area contributed by atoms with E-state index in [0.717, 1.165) is 17.1 Å². The fraction of sp³-hybridized carbons (Fsp3) is 0.0714. The highest BCUT2D eigenvalue weighted by molar-refractivity contribution is 5.81. The predicted molar refractivity (Wildman–Crippen MR) is 66.5 cm³/mol. The van der Waals surface area contributed by atoms with Crippen LogP contribution in [0.2, 0.25) is 0 Å². The molecule has 3 aromatic rings. The second kappa shape index (κ2) is 4.12. The highest BCUT2D eigenvalue weighted by Gasteiger charge is 2.33. The van der Waals surface area contributed by atoms with Crippen molar-refractivity contribution in [2.45, 2.75) is 6.18 Å². The minimum absolute atomic E-state index is 0.138. The number of nitrogens with one attached hydrogen (secondary N) is 1. The molecular formula is C14H9F3N2. The predicted octanol–water partition coefficient (Wildman–Crippen LogP) is 4.25. The molecule has 3 rings (SSSR count). The van der Waals surface area contributed by atoms with Gasteiger partial charge >= 0.3 is 6.18 Å². The molecule has 0 radical (unpaired) electrons. The Bertz CT molecular complexity index is 729. The number of rotatable bonds is 1. The van der Waals surface area contributed by atoms with Crippen LogP contribution in [0.25, 0.3) is 22.2 Å². The minimum Gasteiger partial charge on any atom is -0.360 e. The number of hydrogen-bond acceptors (Lipinski definition) is 1. The Morgan fingerprint density at radius 2 is 1.84 bits per heavy atom. The number of nitrogens with zero attached hydrogens (tertiary/aromatic N) is 1. The van der Waals surface area contributed by atoms with Crippen molar-refractivity contribution in [2.24, 2.45) is 0 Å². The van der Waals surface area contributed by atoms with E-state index in [0.29, 0.717) is 5.56 Å². The standard InChI is InChI=1S/C14H9F3N2/c15-14(16,17)11-4-2-1-3-10(11)9-7-13-12(19-8-9)5-6-18-13/h1-8,18H. The number of hydrogen-bond donors (Lipinski definition) is 1. The van der Waals surface area contributed by atoms with Gasteiger partial charge in [-0.25, -0.2) is 0 Å². The molecule has 0 aliphatic rings. The van der Waals surface area contributed by atoms with Gasteiger partial charge in [0.2, 0.25) is 0 Å². The summed E-state index contributed by atoms with van der Waals surface area (Å²) >= 11 is 0. The van der Waals surface area contributed by atoms with Gasteiger partial charge in [-0.1, -0.05) is 18.2 Å². The fourth-order valence-corrected chi connectivity index (χ4v) is 2.06. The zero-order chi connectivity index (χ0) is 13.5. The van der Waals surface area contributed by atoms with Crippen molar-refractivity contribution in [3.05, 3.63) is 54.4 Å². The van der Waals surface area contributed by atoms with Crippen molar-refractivity contribution in [1.82, 2.24) is 9.97 Å². The summed E-state index contributed by atoms with van der Waals surface area (Å²) in [5, 5.41) is 0. The summed E-state index contributed by atoms with van der Waals surface area (Å²) < 4.78 is 38.9. The summed E-state index contributed by atoms with van der Waals surface area (Å²) in [6.07, 6.45) is -1.21. The zero-order valence-electron chi connectivity index (χ0n) is 9.70. The number of fused-ring (bicyclic) bond motifs is 1. The molecule has 0 fully saturated rings. The highest BCUT2D eigenvalue weighted by atomic mass is 19.4. The van der Waals surface area contributed by atoms with Crippen LogP contribution >= 0.6 is 0 Å². The van der Waals surface area contributed by atoms with Crippen LogP contribution in [0, 0.1) is 0 Å². The molecule has 96 valence electrons. The Morgan fingerprint density at radius 3 is 2.63 bits per heavy atom. The number of aromatic amines is 1. The van der Waals surface area contributed by atoms with Crippen LogP contribution in [-0.4, -0.2) is 9.97 Å². The quantitative estimate of drug-likeness (QED) is 0.697. The first-order chi connectivity index (χ1) is 9.05. The summed E-state index contributed by atoms with van der Waals surface area (Å²) in [4.78, 5) is 7.09. The van der Waals surface area contributed by atoms with Crippen LogP contribution in [0.5, 0.6) is 0 Å². The molecule has 2 aromatic heterocycles. The van der Waals surface area contributed by atoms with Gasteiger partial charge in [0.25, 0.3) is 0 Å². The fourth-order valence-electron chi connectivity index (χ4n) is 2.06. The van der Waals surface area contributed by atoms with Gasteiger partial charge in [0.1, 0.15) is 0 Å². The molecule has 5 heteroatoms. The molecule has 0 saturated heterocycles. The molecule has 0 spiro atoms. The van der Waals surface area contributed by atoms with Crippen molar-refractivity contribution in [2.75, 3.05) is 0 Å². The van der Waals surface area contributed by atoms with Crippen LogP contribution in [-0.2, 0) is 6.18 Å². The summed E-state index contributed by atoms with van der Waals surface area (Å²) in [5.41, 5.74) is 1.38. The SMILES string of the molecule is FC(F)(F)c1ccccc1-c1cnc2cc[nH]c2c1. The molecule has 2 heterocycles. The lowest BCUT2D eigenvalue weighted by molar-refractivity contribution is -0.137. The highest BCUT2D eigenvalue weighted by Crippen LogP contribution is 2.37. The molecule has 1 aromatic carbocycles. The molecule has 19 heavy (non-hydrogen) atoms. The average Bonchev–Trinajstić information content (AvgIpc) is 2.85. The van der Waals surface area contributed by atoms with Crippen LogP contribution in [0.15, 0.2) is 48.8 Å². The van der Waals surface area contributed by atoms with Crippen LogP contribution in [0.3, 0.4) is 0 Å². The first kappa shape index (κ1) is 11.8. The largest absolute Gasteiger partial charge is 0.417 e. The number of halogens is 3. The second-order valence-electron chi connectivity index (χ2n) is 4.18. The lowest BCUT2D eigenvalue weighted by Crippen LogP contribution is -2.06. The van der Waals surface area contributed by atoms with Crippen molar-refractivity contribution < 1.29 is 13.2 Å². The molecule has 0 aliphatic carbocycles. The first-order valence-corrected chi connectivity index (χ1v) is 5.65. The van der Waals surface area contributed by atoms with Gasteiger partial charge in [0.05, 0.1) is 16.6 Å². The molecule has 0 unspecified atom stereocenters. The molecule has 0 aliphatic heterocycles.